The van der Waals surface area contributed by atoms with Crippen LogP contribution in [0.25, 0.3) is 11.4 Å². The van der Waals surface area contributed by atoms with Crippen LogP contribution in [0, 0.1) is 5.92 Å². The SMILES string of the molecule is O=C(O)C[C@@H](CCCC1CCCCC1)c1nc(-c2cncnc2)no1. The Hall–Kier alpha value is -2.31. The van der Waals surface area contributed by atoms with Gasteiger partial charge in [0.2, 0.25) is 11.7 Å². The van der Waals surface area contributed by atoms with Crippen molar-refractivity contribution < 1.29 is 14.4 Å². The maximum atomic E-state index is 11.2. The van der Waals surface area contributed by atoms with Crippen LogP contribution in [0.5, 0.6) is 0 Å². The van der Waals surface area contributed by atoms with Gasteiger partial charge in [0.1, 0.15) is 6.33 Å². The summed E-state index contributed by atoms with van der Waals surface area (Å²) >= 11 is 0. The maximum Gasteiger partial charge on any atom is 0.304 e. The second-order valence-electron chi connectivity index (χ2n) is 6.81. The largest absolute Gasteiger partial charge is 0.481 e. The molecule has 0 spiro atoms. The van der Waals surface area contributed by atoms with Crippen LogP contribution in [0.4, 0.5) is 0 Å². The average molecular weight is 344 g/mol. The van der Waals surface area contributed by atoms with E-state index in [0.717, 1.165) is 25.2 Å². The standard InChI is InChI=1S/C18H24N4O3/c23-16(24)9-14(8-4-7-13-5-2-1-3-6-13)18-21-17(22-25-18)15-10-19-12-20-11-15/h10-14H,1-9H2,(H,23,24)/t14-/m1/s1. The molecule has 0 amide bonds. The maximum absolute atomic E-state index is 11.2. The van der Waals surface area contributed by atoms with E-state index in [0.29, 0.717) is 17.3 Å². The molecule has 1 aliphatic rings. The van der Waals surface area contributed by atoms with Gasteiger partial charge >= 0.3 is 5.97 Å². The predicted molar refractivity (Wildman–Crippen MR) is 90.7 cm³/mol. The topological polar surface area (TPSA) is 102 Å². The molecular weight excluding hydrogens is 320 g/mol. The molecule has 1 saturated carbocycles. The lowest BCUT2D eigenvalue weighted by Gasteiger charge is -2.21. The zero-order valence-corrected chi connectivity index (χ0v) is 14.3. The lowest BCUT2D eigenvalue weighted by atomic mass is 9.84. The number of hydrogen-bond donors (Lipinski definition) is 1. The summed E-state index contributed by atoms with van der Waals surface area (Å²) < 4.78 is 5.34. The first-order chi connectivity index (χ1) is 12.2. The third-order valence-electron chi connectivity index (χ3n) is 4.92. The lowest BCUT2D eigenvalue weighted by molar-refractivity contribution is -0.137. The van der Waals surface area contributed by atoms with E-state index in [2.05, 4.69) is 20.1 Å². The third-order valence-corrected chi connectivity index (χ3v) is 4.92. The lowest BCUT2D eigenvalue weighted by Crippen LogP contribution is -2.10. The Labute approximate surface area is 146 Å². The molecule has 1 atom stereocenters. The Bertz CT molecular complexity index is 668. The van der Waals surface area contributed by atoms with Crippen LogP contribution >= 0.6 is 0 Å². The molecule has 25 heavy (non-hydrogen) atoms. The van der Waals surface area contributed by atoms with Crippen molar-refractivity contribution in [1.82, 2.24) is 20.1 Å². The minimum absolute atomic E-state index is 0.0115. The van der Waals surface area contributed by atoms with Crippen LogP contribution in [-0.2, 0) is 4.79 Å². The average Bonchev–Trinajstić information content (AvgIpc) is 3.12. The number of aliphatic carboxylic acids is 1. The quantitative estimate of drug-likeness (QED) is 0.776. The minimum Gasteiger partial charge on any atom is -0.481 e. The highest BCUT2D eigenvalue weighted by atomic mass is 16.5. The fourth-order valence-electron chi connectivity index (χ4n) is 3.59. The summed E-state index contributed by atoms with van der Waals surface area (Å²) in [7, 11) is 0. The molecule has 0 bridgehead atoms. The monoisotopic (exact) mass is 344 g/mol. The van der Waals surface area contributed by atoms with E-state index in [1.54, 1.807) is 12.4 Å². The first-order valence-electron chi connectivity index (χ1n) is 9.03. The van der Waals surface area contributed by atoms with E-state index in [4.69, 9.17) is 4.52 Å². The number of carbonyl (C=O) groups is 1. The molecule has 3 rings (SSSR count). The van der Waals surface area contributed by atoms with Gasteiger partial charge in [-0.25, -0.2) is 9.97 Å². The van der Waals surface area contributed by atoms with Crippen molar-refractivity contribution in [3.8, 4) is 11.4 Å². The fourth-order valence-corrected chi connectivity index (χ4v) is 3.59. The van der Waals surface area contributed by atoms with Crippen molar-refractivity contribution in [2.75, 3.05) is 0 Å². The van der Waals surface area contributed by atoms with Gasteiger partial charge in [0, 0.05) is 18.3 Å². The Morgan fingerprint density at radius 2 is 2.00 bits per heavy atom. The highest BCUT2D eigenvalue weighted by Gasteiger charge is 2.23. The number of carboxylic acids is 1. The van der Waals surface area contributed by atoms with Crippen molar-refractivity contribution in [3.05, 3.63) is 24.6 Å². The van der Waals surface area contributed by atoms with Crippen molar-refractivity contribution in [2.45, 2.75) is 63.7 Å². The third kappa shape index (κ3) is 5.08. The molecule has 134 valence electrons. The number of carboxylic acid groups (broad SMARTS) is 1. The summed E-state index contributed by atoms with van der Waals surface area (Å²) in [5.74, 6) is 0.500. The Morgan fingerprint density at radius 1 is 1.24 bits per heavy atom. The molecular formula is C18H24N4O3. The Balaban J connectivity index is 1.62. The van der Waals surface area contributed by atoms with E-state index >= 15 is 0 Å². The molecule has 1 aliphatic carbocycles. The van der Waals surface area contributed by atoms with Gasteiger partial charge in [0.15, 0.2) is 0 Å². The van der Waals surface area contributed by atoms with Gasteiger partial charge in [-0.1, -0.05) is 50.1 Å². The highest BCUT2D eigenvalue weighted by molar-refractivity contribution is 5.67. The molecule has 1 fully saturated rings. The summed E-state index contributed by atoms with van der Waals surface area (Å²) in [6.07, 6.45) is 14.2. The summed E-state index contributed by atoms with van der Waals surface area (Å²) in [6, 6.07) is 0. The molecule has 0 aromatic carbocycles. The number of aromatic nitrogens is 4. The van der Waals surface area contributed by atoms with Gasteiger partial charge in [-0.3, -0.25) is 4.79 Å². The van der Waals surface area contributed by atoms with Crippen LogP contribution in [0.1, 0.15) is 69.6 Å². The predicted octanol–water partition coefficient (Wildman–Crippen LogP) is 3.84. The molecule has 7 heteroatoms. The van der Waals surface area contributed by atoms with Gasteiger partial charge in [0.05, 0.1) is 12.0 Å². The normalized spacial score (nSPS) is 16.6. The Morgan fingerprint density at radius 3 is 2.72 bits per heavy atom. The second-order valence-corrected chi connectivity index (χ2v) is 6.81. The minimum atomic E-state index is -0.842. The second kappa shape index (κ2) is 8.69. The number of hydrogen-bond acceptors (Lipinski definition) is 6. The molecule has 2 aromatic rings. The van der Waals surface area contributed by atoms with E-state index in [9.17, 15) is 9.90 Å². The zero-order chi connectivity index (χ0) is 17.5. The molecule has 0 aliphatic heterocycles. The van der Waals surface area contributed by atoms with Crippen molar-refractivity contribution in [1.29, 1.82) is 0 Å². The fraction of sp³-hybridized carbons (Fsp3) is 0.611. The molecule has 0 saturated heterocycles. The molecule has 7 nitrogen and oxygen atoms in total. The van der Waals surface area contributed by atoms with Gasteiger partial charge in [-0.15, -0.1) is 0 Å². The van der Waals surface area contributed by atoms with E-state index < -0.39 is 5.97 Å². The van der Waals surface area contributed by atoms with Crippen LogP contribution in [0.3, 0.4) is 0 Å². The van der Waals surface area contributed by atoms with Crippen molar-refractivity contribution in [2.24, 2.45) is 5.92 Å². The Kier molecular flexibility index (Phi) is 6.09. The van der Waals surface area contributed by atoms with E-state index in [1.807, 2.05) is 0 Å². The summed E-state index contributed by atoms with van der Waals surface area (Å²) in [6.45, 7) is 0. The summed E-state index contributed by atoms with van der Waals surface area (Å²) in [5.41, 5.74) is 0.661. The van der Waals surface area contributed by atoms with Crippen LogP contribution in [0.15, 0.2) is 23.2 Å². The van der Waals surface area contributed by atoms with Crippen molar-refractivity contribution >= 4 is 5.97 Å². The molecule has 2 aromatic heterocycles. The highest BCUT2D eigenvalue weighted by Crippen LogP contribution is 2.31. The summed E-state index contributed by atoms with van der Waals surface area (Å²) in [5, 5.41) is 13.2. The summed E-state index contributed by atoms with van der Waals surface area (Å²) in [4.78, 5) is 23.5. The first kappa shape index (κ1) is 17.5. The first-order valence-corrected chi connectivity index (χ1v) is 9.03. The smallest absolute Gasteiger partial charge is 0.304 e. The van der Waals surface area contributed by atoms with Gasteiger partial charge in [-0.2, -0.15) is 4.98 Å². The molecule has 0 radical (unpaired) electrons. The van der Waals surface area contributed by atoms with Crippen LogP contribution < -0.4 is 0 Å². The molecule has 0 unspecified atom stereocenters. The van der Waals surface area contributed by atoms with Gasteiger partial charge < -0.3 is 9.63 Å². The van der Waals surface area contributed by atoms with Gasteiger partial charge in [0.25, 0.3) is 0 Å². The number of rotatable bonds is 8. The van der Waals surface area contributed by atoms with E-state index in [-0.39, 0.29) is 12.3 Å². The van der Waals surface area contributed by atoms with E-state index in [1.165, 1.54) is 38.4 Å². The van der Waals surface area contributed by atoms with Crippen LogP contribution in [-0.4, -0.2) is 31.2 Å². The zero-order valence-electron chi connectivity index (χ0n) is 14.3. The number of nitrogens with zero attached hydrogens (tertiary/aromatic N) is 4. The van der Waals surface area contributed by atoms with Crippen LogP contribution in [0.2, 0.25) is 0 Å². The van der Waals surface area contributed by atoms with Gasteiger partial charge in [-0.05, 0) is 12.3 Å². The van der Waals surface area contributed by atoms with Crippen molar-refractivity contribution in [3.63, 3.8) is 0 Å². The molecule has 2 heterocycles. The molecule has 1 N–H and O–H groups in total.